The van der Waals surface area contributed by atoms with Crippen LogP contribution < -0.4 is 0 Å². The zero-order chi connectivity index (χ0) is 12.9. The van der Waals surface area contributed by atoms with Gasteiger partial charge in [-0.3, -0.25) is 4.79 Å². The number of ether oxygens (including phenoxy) is 2. The number of nitrogens with zero attached hydrogens (tertiary/aromatic N) is 1. The van der Waals surface area contributed by atoms with Gasteiger partial charge in [-0.25, -0.2) is 0 Å². The van der Waals surface area contributed by atoms with E-state index in [1.54, 1.807) is 0 Å². The topological polar surface area (TPSA) is 38.8 Å². The third-order valence-corrected chi connectivity index (χ3v) is 2.87. The number of likely N-dealkylation sites (N-methyl/N-ethyl adjacent to an activating group) is 1. The van der Waals surface area contributed by atoms with Gasteiger partial charge in [-0.05, 0) is 34.1 Å². The number of carbonyl (C=O) groups is 1. The molecule has 0 bridgehead atoms. The van der Waals surface area contributed by atoms with E-state index in [1.165, 1.54) is 0 Å². The van der Waals surface area contributed by atoms with Gasteiger partial charge in [0.05, 0.1) is 12.2 Å². The Morgan fingerprint density at radius 3 is 2.65 bits per heavy atom. The molecule has 0 radical (unpaired) electrons. The van der Waals surface area contributed by atoms with E-state index in [2.05, 4.69) is 0 Å². The van der Waals surface area contributed by atoms with Gasteiger partial charge in [-0.2, -0.15) is 0 Å². The number of hydrogen-bond acceptors (Lipinski definition) is 3. The summed E-state index contributed by atoms with van der Waals surface area (Å²) in [4.78, 5) is 13.8. The normalized spacial score (nSPS) is 20.6. The van der Waals surface area contributed by atoms with Crippen LogP contribution >= 0.6 is 0 Å². The summed E-state index contributed by atoms with van der Waals surface area (Å²) in [5, 5.41) is 0. The van der Waals surface area contributed by atoms with Crippen LogP contribution in [0.15, 0.2) is 0 Å². The lowest BCUT2D eigenvalue weighted by Crippen LogP contribution is -2.39. The first-order valence-electron chi connectivity index (χ1n) is 6.42. The molecular formula is C13H25NO3. The molecule has 0 spiro atoms. The summed E-state index contributed by atoms with van der Waals surface area (Å²) in [6, 6.07) is 0. The molecule has 1 aliphatic heterocycles. The van der Waals surface area contributed by atoms with Crippen molar-refractivity contribution in [3.63, 3.8) is 0 Å². The van der Waals surface area contributed by atoms with E-state index < -0.39 is 0 Å². The van der Waals surface area contributed by atoms with Gasteiger partial charge in [0.2, 0.25) is 5.91 Å². The summed E-state index contributed by atoms with van der Waals surface area (Å²) in [6.07, 6.45) is 1.06. The van der Waals surface area contributed by atoms with Gasteiger partial charge in [-0.15, -0.1) is 0 Å². The molecule has 0 N–H and O–H groups in total. The van der Waals surface area contributed by atoms with Crippen LogP contribution in [0.4, 0.5) is 0 Å². The van der Waals surface area contributed by atoms with Crippen LogP contribution in [0.3, 0.4) is 0 Å². The number of amides is 1. The van der Waals surface area contributed by atoms with Gasteiger partial charge in [-0.1, -0.05) is 0 Å². The van der Waals surface area contributed by atoms with Gasteiger partial charge in [0.15, 0.2) is 0 Å². The lowest BCUT2D eigenvalue weighted by molar-refractivity contribution is -0.141. The van der Waals surface area contributed by atoms with Crippen LogP contribution in [0.5, 0.6) is 0 Å². The second-order valence-corrected chi connectivity index (χ2v) is 5.56. The fraction of sp³-hybridized carbons (Fsp3) is 0.923. The maximum Gasteiger partial charge on any atom is 0.248 e. The second kappa shape index (κ2) is 6.36. The molecule has 1 fully saturated rings. The molecule has 4 nitrogen and oxygen atoms in total. The Morgan fingerprint density at radius 2 is 2.18 bits per heavy atom. The smallest absolute Gasteiger partial charge is 0.248 e. The Hall–Kier alpha value is -0.610. The first kappa shape index (κ1) is 14.5. The summed E-state index contributed by atoms with van der Waals surface area (Å²) in [6.45, 7) is 11.2. The molecule has 1 heterocycles. The predicted octanol–water partition coefficient (Wildman–Crippen LogP) is 1.69. The Bertz CT molecular complexity index is 242. The minimum absolute atomic E-state index is 0.0781. The van der Waals surface area contributed by atoms with Gasteiger partial charge in [0, 0.05) is 25.6 Å². The monoisotopic (exact) mass is 243 g/mol. The maximum absolute atomic E-state index is 12.0. The van der Waals surface area contributed by atoms with E-state index in [0.717, 1.165) is 32.7 Å². The first-order chi connectivity index (χ1) is 7.92. The van der Waals surface area contributed by atoms with Crippen molar-refractivity contribution in [3.05, 3.63) is 0 Å². The van der Waals surface area contributed by atoms with Gasteiger partial charge in [0.1, 0.15) is 6.61 Å². The minimum atomic E-state index is -0.258. The average Bonchev–Trinajstić information content (AvgIpc) is 2.74. The van der Waals surface area contributed by atoms with E-state index in [-0.39, 0.29) is 18.1 Å². The summed E-state index contributed by atoms with van der Waals surface area (Å²) in [7, 11) is 0. The van der Waals surface area contributed by atoms with Crippen molar-refractivity contribution in [1.82, 2.24) is 4.90 Å². The van der Waals surface area contributed by atoms with Crippen molar-refractivity contribution in [2.24, 2.45) is 5.92 Å². The second-order valence-electron chi connectivity index (χ2n) is 5.56. The van der Waals surface area contributed by atoms with Crippen LogP contribution in [0.25, 0.3) is 0 Å². The summed E-state index contributed by atoms with van der Waals surface area (Å²) in [5.41, 5.74) is -0.258. The van der Waals surface area contributed by atoms with E-state index in [4.69, 9.17) is 9.47 Å². The fourth-order valence-corrected chi connectivity index (χ4v) is 1.82. The highest BCUT2D eigenvalue weighted by atomic mass is 16.5. The Balaban J connectivity index is 2.35. The molecule has 1 amide bonds. The molecule has 0 saturated carbocycles. The Labute approximate surface area is 104 Å². The minimum Gasteiger partial charge on any atom is -0.381 e. The lowest BCUT2D eigenvalue weighted by atomic mass is 10.1. The standard InChI is InChI=1S/C13H25NO3/c1-5-14(8-11-6-7-16-9-11)12(15)10-17-13(2,3)4/h11H,5-10H2,1-4H3. The summed E-state index contributed by atoms with van der Waals surface area (Å²) in [5.74, 6) is 0.572. The lowest BCUT2D eigenvalue weighted by Gasteiger charge is -2.26. The van der Waals surface area contributed by atoms with Crippen molar-refractivity contribution < 1.29 is 14.3 Å². The average molecular weight is 243 g/mol. The van der Waals surface area contributed by atoms with Gasteiger partial charge < -0.3 is 14.4 Å². The van der Waals surface area contributed by atoms with E-state index >= 15 is 0 Å². The van der Waals surface area contributed by atoms with Crippen molar-refractivity contribution in [3.8, 4) is 0 Å². The van der Waals surface area contributed by atoms with Crippen LogP contribution in [0.1, 0.15) is 34.1 Å². The van der Waals surface area contributed by atoms with Gasteiger partial charge in [0.25, 0.3) is 0 Å². The molecule has 1 atom stereocenters. The molecule has 100 valence electrons. The molecule has 0 aliphatic carbocycles. The molecule has 1 aliphatic rings. The first-order valence-corrected chi connectivity index (χ1v) is 6.42. The molecular weight excluding hydrogens is 218 g/mol. The molecule has 0 aromatic heterocycles. The molecule has 1 rings (SSSR count). The van der Waals surface area contributed by atoms with Crippen LogP contribution in [0.2, 0.25) is 0 Å². The Kier molecular flexibility index (Phi) is 5.40. The molecule has 1 saturated heterocycles. The molecule has 0 aromatic rings. The number of carbonyl (C=O) groups excluding carboxylic acids is 1. The Morgan fingerprint density at radius 1 is 1.47 bits per heavy atom. The summed E-state index contributed by atoms with van der Waals surface area (Å²) >= 11 is 0. The van der Waals surface area contributed by atoms with Crippen molar-refractivity contribution in [2.45, 2.75) is 39.7 Å². The molecule has 17 heavy (non-hydrogen) atoms. The molecule has 4 heteroatoms. The highest BCUT2D eigenvalue weighted by Gasteiger charge is 2.22. The summed E-state index contributed by atoms with van der Waals surface area (Å²) < 4.78 is 10.8. The highest BCUT2D eigenvalue weighted by Crippen LogP contribution is 2.14. The molecule has 1 unspecified atom stereocenters. The third kappa shape index (κ3) is 5.50. The largest absolute Gasteiger partial charge is 0.381 e. The zero-order valence-electron chi connectivity index (χ0n) is 11.5. The molecule has 0 aromatic carbocycles. The third-order valence-electron chi connectivity index (χ3n) is 2.87. The van der Waals surface area contributed by atoms with Crippen molar-refractivity contribution >= 4 is 5.91 Å². The van der Waals surface area contributed by atoms with Crippen LogP contribution in [-0.4, -0.2) is 49.3 Å². The number of rotatable bonds is 5. The SMILES string of the molecule is CCN(CC1CCOC1)C(=O)COC(C)(C)C. The highest BCUT2D eigenvalue weighted by molar-refractivity contribution is 5.77. The number of hydrogen-bond donors (Lipinski definition) is 0. The zero-order valence-corrected chi connectivity index (χ0v) is 11.5. The maximum atomic E-state index is 12.0. The van der Waals surface area contributed by atoms with Crippen molar-refractivity contribution in [1.29, 1.82) is 0 Å². The van der Waals surface area contributed by atoms with Crippen LogP contribution in [-0.2, 0) is 14.3 Å². The fourth-order valence-electron chi connectivity index (χ4n) is 1.82. The van der Waals surface area contributed by atoms with Gasteiger partial charge >= 0.3 is 0 Å². The predicted molar refractivity (Wildman–Crippen MR) is 66.9 cm³/mol. The van der Waals surface area contributed by atoms with E-state index in [9.17, 15) is 4.79 Å². The van der Waals surface area contributed by atoms with E-state index in [0.29, 0.717) is 5.92 Å². The van der Waals surface area contributed by atoms with E-state index in [1.807, 2.05) is 32.6 Å². The van der Waals surface area contributed by atoms with Crippen molar-refractivity contribution in [2.75, 3.05) is 32.9 Å². The quantitative estimate of drug-likeness (QED) is 0.737. The van der Waals surface area contributed by atoms with Crippen LogP contribution in [0, 0.1) is 5.92 Å².